The van der Waals surface area contributed by atoms with Crippen molar-refractivity contribution in [3.8, 4) is 17.2 Å². The third-order valence-electron chi connectivity index (χ3n) is 10.5. The van der Waals surface area contributed by atoms with Gasteiger partial charge in [-0.15, -0.1) is 0 Å². The van der Waals surface area contributed by atoms with Crippen LogP contribution < -0.4 is 19.5 Å². The van der Waals surface area contributed by atoms with Crippen molar-refractivity contribution in [3.05, 3.63) is 75.8 Å². The summed E-state index contributed by atoms with van der Waals surface area (Å²) in [6.45, 7) is 8.20. The second-order valence-corrected chi connectivity index (χ2v) is 14.3. The van der Waals surface area contributed by atoms with Crippen LogP contribution in [0.4, 0.5) is 5.95 Å². The average molecular weight is 739 g/mol. The number of para-hydroxylation sites is 2. The highest BCUT2D eigenvalue weighted by atomic mass is 35.5. The number of aromatic nitrogens is 2. The van der Waals surface area contributed by atoms with Gasteiger partial charge in [0.05, 0.1) is 49.0 Å². The number of nitrogens with zero attached hydrogens (tertiary/aromatic N) is 4. The van der Waals surface area contributed by atoms with E-state index in [0.29, 0.717) is 65.2 Å². The summed E-state index contributed by atoms with van der Waals surface area (Å²) in [5.41, 5.74) is 3.43. The molecule has 3 aromatic carbocycles. The number of imidazole rings is 1. The Morgan fingerprint density at radius 1 is 0.941 bits per heavy atom. The summed E-state index contributed by atoms with van der Waals surface area (Å²) < 4.78 is 24.5. The Balaban J connectivity index is 1.16. The summed E-state index contributed by atoms with van der Waals surface area (Å²) in [6, 6.07) is 18.0. The van der Waals surface area contributed by atoms with Gasteiger partial charge in [0, 0.05) is 56.4 Å². The number of hydrogen-bond acceptors (Lipinski definition) is 8. The number of benzene rings is 3. The molecule has 1 N–H and O–H groups in total. The van der Waals surface area contributed by atoms with E-state index in [1.165, 1.54) is 0 Å². The van der Waals surface area contributed by atoms with Crippen LogP contribution in [0.15, 0.2) is 54.6 Å². The molecule has 0 bridgehead atoms. The number of likely N-dealkylation sites (tertiary alicyclic amines) is 2. The second-order valence-electron chi connectivity index (χ2n) is 13.4. The summed E-state index contributed by atoms with van der Waals surface area (Å²) >= 11 is 13.0. The van der Waals surface area contributed by atoms with Crippen molar-refractivity contribution in [1.82, 2.24) is 19.4 Å². The summed E-state index contributed by atoms with van der Waals surface area (Å²) in [6.07, 6.45) is 4.72. The lowest BCUT2D eigenvalue weighted by Gasteiger charge is -2.45. The molecule has 2 saturated heterocycles. The zero-order chi connectivity index (χ0) is 36.0. The predicted molar refractivity (Wildman–Crippen MR) is 203 cm³/mol. The fraction of sp³-hybridized carbons (Fsp3) is 0.487. The first-order valence-corrected chi connectivity index (χ1v) is 18.6. The van der Waals surface area contributed by atoms with Crippen LogP contribution in [0.2, 0.25) is 10.0 Å². The Labute approximate surface area is 310 Å². The van der Waals surface area contributed by atoms with Crippen molar-refractivity contribution in [2.24, 2.45) is 0 Å². The molecule has 1 amide bonds. The van der Waals surface area contributed by atoms with E-state index in [1.807, 2.05) is 30.0 Å². The maximum absolute atomic E-state index is 14.1. The maximum Gasteiger partial charge on any atom is 0.254 e. The van der Waals surface area contributed by atoms with Crippen LogP contribution in [0.1, 0.15) is 54.9 Å². The SMILES string of the molecule is CCOCCn1c(NC2CCN(CCC3(c4ccc(Cl)c(Cl)c4)CCCN(C(=O)c4cc(OC)c(OC)c(OC)c4)C3)CC2)nc2ccccc21. The smallest absolute Gasteiger partial charge is 0.254 e. The predicted octanol–water partition coefficient (Wildman–Crippen LogP) is 7.55. The molecule has 0 aliphatic carbocycles. The molecular weight excluding hydrogens is 689 g/mol. The minimum Gasteiger partial charge on any atom is -0.493 e. The molecule has 2 aliphatic rings. The van der Waals surface area contributed by atoms with E-state index in [1.54, 1.807) is 33.5 Å². The standard InChI is InChI=1S/C39H49Cl2N5O5/c1-5-51-22-21-46-33-10-7-6-9-32(33)43-38(46)42-29-13-18-44(19-14-29)20-16-39(28-11-12-30(40)31(41)25-28)15-8-17-45(26-39)37(47)27-23-34(48-2)36(50-4)35(24-27)49-3/h6-7,9-12,23-25,29H,5,8,13-22,26H2,1-4H3,(H,42,43). The number of methoxy groups -OCH3 is 3. The molecule has 274 valence electrons. The Morgan fingerprint density at radius 2 is 1.69 bits per heavy atom. The highest BCUT2D eigenvalue weighted by Gasteiger charge is 2.40. The fourth-order valence-electron chi connectivity index (χ4n) is 7.67. The van der Waals surface area contributed by atoms with Crippen LogP contribution in [-0.2, 0) is 16.7 Å². The summed E-state index contributed by atoms with van der Waals surface area (Å²) in [5, 5.41) is 4.82. The van der Waals surface area contributed by atoms with E-state index in [2.05, 4.69) is 39.0 Å². The van der Waals surface area contributed by atoms with Gasteiger partial charge in [-0.3, -0.25) is 4.79 Å². The van der Waals surface area contributed by atoms with E-state index < -0.39 is 0 Å². The lowest BCUT2D eigenvalue weighted by atomic mass is 9.71. The first-order valence-electron chi connectivity index (χ1n) is 17.9. The number of fused-ring (bicyclic) bond motifs is 1. The number of hydrogen-bond donors (Lipinski definition) is 1. The Kier molecular flexibility index (Phi) is 12.2. The van der Waals surface area contributed by atoms with E-state index >= 15 is 0 Å². The Hall–Kier alpha value is -3.70. The molecule has 6 rings (SSSR count). The van der Waals surface area contributed by atoms with E-state index in [4.69, 9.17) is 47.1 Å². The van der Waals surface area contributed by atoms with Crippen molar-refractivity contribution < 1.29 is 23.7 Å². The van der Waals surface area contributed by atoms with Gasteiger partial charge in [0.2, 0.25) is 11.7 Å². The number of amides is 1. The van der Waals surface area contributed by atoms with Crippen LogP contribution in [0.25, 0.3) is 11.0 Å². The molecule has 0 radical (unpaired) electrons. The molecule has 12 heteroatoms. The number of ether oxygens (including phenoxy) is 4. The topological polar surface area (TPSA) is 90.3 Å². The lowest BCUT2D eigenvalue weighted by Crippen LogP contribution is -2.50. The fourth-order valence-corrected chi connectivity index (χ4v) is 7.97. The highest BCUT2D eigenvalue weighted by molar-refractivity contribution is 6.42. The van der Waals surface area contributed by atoms with Crippen molar-refractivity contribution >= 4 is 46.1 Å². The molecule has 1 unspecified atom stereocenters. The van der Waals surface area contributed by atoms with Gasteiger partial charge in [0.15, 0.2) is 11.5 Å². The summed E-state index contributed by atoms with van der Waals surface area (Å²) in [4.78, 5) is 23.6. The number of rotatable bonds is 14. The largest absolute Gasteiger partial charge is 0.493 e. The molecule has 1 aromatic heterocycles. The lowest BCUT2D eigenvalue weighted by molar-refractivity contribution is 0.0606. The van der Waals surface area contributed by atoms with E-state index in [9.17, 15) is 4.79 Å². The van der Waals surface area contributed by atoms with E-state index in [-0.39, 0.29) is 11.3 Å². The van der Waals surface area contributed by atoms with Crippen molar-refractivity contribution in [1.29, 1.82) is 0 Å². The zero-order valence-electron chi connectivity index (χ0n) is 30.1. The molecule has 10 nitrogen and oxygen atoms in total. The molecule has 2 fully saturated rings. The van der Waals surface area contributed by atoms with Crippen LogP contribution in [0.5, 0.6) is 17.2 Å². The van der Waals surface area contributed by atoms with Crippen molar-refractivity contribution in [2.45, 2.75) is 57.0 Å². The second kappa shape index (κ2) is 16.8. The van der Waals surface area contributed by atoms with Crippen molar-refractivity contribution in [2.75, 3.05) is 72.6 Å². The number of piperidine rings is 2. The van der Waals surface area contributed by atoms with Crippen molar-refractivity contribution in [3.63, 3.8) is 0 Å². The van der Waals surface area contributed by atoms with Gasteiger partial charge in [0.1, 0.15) is 0 Å². The Bertz CT molecular complexity index is 1790. The normalized spacial score (nSPS) is 18.6. The van der Waals surface area contributed by atoms with Crippen LogP contribution in [-0.4, -0.2) is 98.6 Å². The summed E-state index contributed by atoms with van der Waals surface area (Å²) in [5.74, 6) is 2.20. The van der Waals surface area contributed by atoms with Gasteiger partial charge in [-0.25, -0.2) is 4.98 Å². The monoisotopic (exact) mass is 737 g/mol. The van der Waals surface area contributed by atoms with Gasteiger partial charge < -0.3 is 38.6 Å². The molecule has 4 aromatic rings. The van der Waals surface area contributed by atoms with Gasteiger partial charge in [0.25, 0.3) is 5.91 Å². The first-order chi connectivity index (χ1) is 24.8. The Morgan fingerprint density at radius 3 is 2.37 bits per heavy atom. The maximum atomic E-state index is 14.1. The van der Waals surface area contributed by atoms with Gasteiger partial charge >= 0.3 is 0 Å². The number of carbonyl (C=O) groups is 1. The average Bonchev–Trinajstić information content (AvgIpc) is 3.51. The highest BCUT2D eigenvalue weighted by Crippen LogP contribution is 2.42. The minimum absolute atomic E-state index is 0.0717. The minimum atomic E-state index is -0.288. The first kappa shape index (κ1) is 37.1. The molecule has 2 aliphatic heterocycles. The molecule has 0 spiro atoms. The van der Waals surface area contributed by atoms with Gasteiger partial charge in [-0.2, -0.15) is 0 Å². The number of anilines is 1. The third kappa shape index (κ3) is 8.19. The number of nitrogens with one attached hydrogen (secondary N) is 1. The molecule has 0 saturated carbocycles. The summed E-state index contributed by atoms with van der Waals surface area (Å²) in [7, 11) is 4.67. The molecular formula is C39H49Cl2N5O5. The molecule has 1 atom stereocenters. The number of halogens is 2. The van der Waals surface area contributed by atoms with Crippen LogP contribution in [0, 0.1) is 0 Å². The van der Waals surface area contributed by atoms with Crippen LogP contribution in [0.3, 0.4) is 0 Å². The quantitative estimate of drug-likeness (QED) is 0.133. The van der Waals surface area contributed by atoms with E-state index in [0.717, 1.165) is 80.8 Å². The third-order valence-corrected chi connectivity index (χ3v) is 11.2. The van der Waals surface area contributed by atoms with Crippen LogP contribution >= 0.6 is 23.2 Å². The molecule has 3 heterocycles. The molecule has 51 heavy (non-hydrogen) atoms. The number of carbonyl (C=O) groups excluding carboxylic acids is 1. The van der Waals surface area contributed by atoms with Gasteiger partial charge in [-0.1, -0.05) is 41.4 Å². The van der Waals surface area contributed by atoms with Gasteiger partial charge in [-0.05, 0) is 87.5 Å². The zero-order valence-corrected chi connectivity index (χ0v) is 31.6.